The molecule has 0 amide bonds. The van der Waals surface area contributed by atoms with Gasteiger partial charge in [0.1, 0.15) is 17.3 Å². The van der Waals surface area contributed by atoms with Crippen LogP contribution in [0.4, 0.5) is 5.82 Å². The van der Waals surface area contributed by atoms with E-state index in [-0.39, 0.29) is 0 Å². The second kappa shape index (κ2) is 4.04. The molecule has 0 saturated carbocycles. The first-order valence-corrected chi connectivity index (χ1v) is 5.36. The molecule has 0 aliphatic heterocycles. The molecule has 4 nitrogen and oxygen atoms in total. The lowest BCUT2D eigenvalue weighted by molar-refractivity contribution is 0.501. The van der Waals surface area contributed by atoms with E-state index in [1.807, 2.05) is 38.6 Å². The van der Waals surface area contributed by atoms with E-state index >= 15 is 0 Å². The van der Waals surface area contributed by atoms with E-state index in [1.165, 1.54) is 5.56 Å². The van der Waals surface area contributed by atoms with Gasteiger partial charge in [-0.3, -0.25) is 4.68 Å². The summed E-state index contributed by atoms with van der Waals surface area (Å²) in [7, 11) is 1.94. The van der Waals surface area contributed by atoms with Crippen molar-refractivity contribution in [3.8, 4) is 0 Å². The summed E-state index contributed by atoms with van der Waals surface area (Å²) >= 11 is 0. The molecule has 2 rings (SSSR count). The predicted molar refractivity (Wildman–Crippen MR) is 63.5 cm³/mol. The highest BCUT2D eigenvalue weighted by molar-refractivity contribution is 5.37. The first-order chi connectivity index (χ1) is 7.56. The predicted octanol–water partition coefficient (Wildman–Crippen LogP) is 2.55. The number of rotatable bonds is 3. The number of hydrogen-bond acceptors (Lipinski definition) is 3. The molecular weight excluding hydrogens is 202 g/mol. The number of furan rings is 1. The third-order valence-electron chi connectivity index (χ3n) is 2.72. The molecule has 2 aromatic heterocycles. The summed E-state index contributed by atoms with van der Waals surface area (Å²) in [6.45, 7) is 6.72. The number of hydrogen-bond donors (Lipinski definition) is 1. The van der Waals surface area contributed by atoms with Crippen LogP contribution in [0.5, 0.6) is 0 Å². The molecule has 86 valence electrons. The molecular formula is C12H17N3O. The van der Waals surface area contributed by atoms with E-state index in [2.05, 4.69) is 16.5 Å². The molecule has 0 radical (unpaired) electrons. The molecule has 2 aromatic rings. The third-order valence-corrected chi connectivity index (χ3v) is 2.72. The first-order valence-electron chi connectivity index (χ1n) is 5.36. The van der Waals surface area contributed by atoms with Crippen molar-refractivity contribution in [2.75, 3.05) is 5.32 Å². The van der Waals surface area contributed by atoms with E-state index < -0.39 is 0 Å². The zero-order valence-electron chi connectivity index (χ0n) is 10.2. The van der Waals surface area contributed by atoms with Crippen molar-refractivity contribution >= 4 is 5.82 Å². The molecule has 0 aliphatic rings. The van der Waals surface area contributed by atoms with Crippen LogP contribution >= 0.6 is 0 Å². The van der Waals surface area contributed by atoms with Gasteiger partial charge in [0.25, 0.3) is 0 Å². The van der Waals surface area contributed by atoms with Crippen LogP contribution < -0.4 is 5.32 Å². The summed E-state index contributed by atoms with van der Waals surface area (Å²) < 4.78 is 7.32. The van der Waals surface area contributed by atoms with Gasteiger partial charge >= 0.3 is 0 Å². The smallest absolute Gasteiger partial charge is 0.148 e. The fourth-order valence-corrected chi connectivity index (χ4v) is 1.69. The topological polar surface area (TPSA) is 43.0 Å². The van der Waals surface area contributed by atoms with Gasteiger partial charge in [-0.15, -0.1) is 0 Å². The molecule has 0 saturated heterocycles. The second-order valence-electron chi connectivity index (χ2n) is 4.09. The van der Waals surface area contributed by atoms with Crippen molar-refractivity contribution in [1.82, 2.24) is 9.78 Å². The number of aryl methyl sites for hydroxylation is 4. The number of aromatic nitrogens is 2. The van der Waals surface area contributed by atoms with Crippen LogP contribution in [-0.2, 0) is 13.6 Å². The van der Waals surface area contributed by atoms with Crippen LogP contribution in [0.15, 0.2) is 16.5 Å². The Hall–Kier alpha value is -1.71. The molecule has 2 heterocycles. The molecule has 0 spiro atoms. The quantitative estimate of drug-likeness (QED) is 0.862. The van der Waals surface area contributed by atoms with Crippen LogP contribution in [0, 0.1) is 20.8 Å². The Labute approximate surface area is 95.3 Å². The first kappa shape index (κ1) is 10.8. The molecule has 0 aliphatic carbocycles. The average molecular weight is 219 g/mol. The third kappa shape index (κ3) is 2.10. The van der Waals surface area contributed by atoms with Crippen LogP contribution in [0.2, 0.25) is 0 Å². The van der Waals surface area contributed by atoms with Crippen molar-refractivity contribution in [3.05, 3.63) is 34.9 Å². The highest BCUT2D eigenvalue weighted by atomic mass is 16.3. The van der Waals surface area contributed by atoms with Crippen molar-refractivity contribution in [2.24, 2.45) is 7.05 Å². The van der Waals surface area contributed by atoms with Crippen LogP contribution in [0.3, 0.4) is 0 Å². The Bertz CT molecular complexity index is 477. The van der Waals surface area contributed by atoms with Crippen LogP contribution in [0.1, 0.15) is 22.8 Å². The van der Waals surface area contributed by atoms with Crippen LogP contribution in [-0.4, -0.2) is 9.78 Å². The fraction of sp³-hybridized carbons (Fsp3) is 0.417. The number of nitrogens with zero attached hydrogens (tertiary/aromatic N) is 2. The van der Waals surface area contributed by atoms with E-state index in [9.17, 15) is 0 Å². The molecule has 0 bridgehead atoms. The van der Waals surface area contributed by atoms with Gasteiger partial charge < -0.3 is 9.73 Å². The Morgan fingerprint density at radius 2 is 2.06 bits per heavy atom. The van der Waals surface area contributed by atoms with Gasteiger partial charge in [0.15, 0.2) is 0 Å². The molecule has 0 fully saturated rings. The van der Waals surface area contributed by atoms with Gasteiger partial charge in [-0.1, -0.05) is 0 Å². The Kier molecular flexibility index (Phi) is 2.73. The maximum atomic E-state index is 5.47. The van der Waals surface area contributed by atoms with Gasteiger partial charge in [-0.05, 0) is 26.8 Å². The zero-order valence-corrected chi connectivity index (χ0v) is 10.2. The largest absolute Gasteiger partial charge is 0.466 e. The van der Waals surface area contributed by atoms with Crippen LogP contribution in [0.25, 0.3) is 0 Å². The SMILES string of the molecule is Cc1cc(CNc2cc(C)n(C)n2)c(C)o1. The molecule has 1 N–H and O–H groups in total. The Morgan fingerprint density at radius 1 is 1.31 bits per heavy atom. The lowest BCUT2D eigenvalue weighted by Gasteiger charge is -2.00. The van der Waals surface area contributed by atoms with Gasteiger partial charge in [-0.2, -0.15) is 5.10 Å². The summed E-state index contributed by atoms with van der Waals surface area (Å²) in [5.74, 6) is 2.82. The van der Waals surface area contributed by atoms with Gasteiger partial charge in [-0.25, -0.2) is 0 Å². The van der Waals surface area contributed by atoms with E-state index in [1.54, 1.807) is 0 Å². The summed E-state index contributed by atoms with van der Waals surface area (Å²) in [4.78, 5) is 0. The fourth-order valence-electron chi connectivity index (χ4n) is 1.69. The number of anilines is 1. The molecule has 4 heteroatoms. The van der Waals surface area contributed by atoms with Gasteiger partial charge in [0, 0.05) is 30.9 Å². The summed E-state index contributed by atoms with van der Waals surface area (Å²) in [6.07, 6.45) is 0. The highest BCUT2D eigenvalue weighted by Crippen LogP contribution is 2.15. The number of nitrogens with one attached hydrogen (secondary N) is 1. The Morgan fingerprint density at radius 3 is 2.56 bits per heavy atom. The van der Waals surface area contributed by atoms with Crippen molar-refractivity contribution < 1.29 is 4.42 Å². The lowest BCUT2D eigenvalue weighted by atomic mass is 10.2. The molecule has 16 heavy (non-hydrogen) atoms. The Balaban J connectivity index is 2.04. The minimum absolute atomic E-state index is 0.750. The monoisotopic (exact) mass is 219 g/mol. The summed E-state index contributed by atoms with van der Waals surface area (Å²) in [6, 6.07) is 4.08. The molecule has 0 aromatic carbocycles. The van der Waals surface area contributed by atoms with E-state index in [0.717, 1.165) is 29.6 Å². The standard InChI is InChI=1S/C12H17N3O/c1-8-5-12(14-15(8)4)13-7-11-6-9(2)16-10(11)3/h5-6H,7H2,1-4H3,(H,13,14). The summed E-state index contributed by atoms with van der Waals surface area (Å²) in [5, 5.41) is 7.62. The summed E-state index contributed by atoms with van der Waals surface area (Å²) in [5.41, 5.74) is 2.32. The maximum Gasteiger partial charge on any atom is 0.148 e. The highest BCUT2D eigenvalue weighted by Gasteiger charge is 2.05. The minimum atomic E-state index is 0.750. The van der Waals surface area contributed by atoms with Crippen molar-refractivity contribution in [3.63, 3.8) is 0 Å². The molecule has 0 atom stereocenters. The van der Waals surface area contributed by atoms with Gasteiger partial charge in [0.2, 0.25) is 0 Å². The minimum Gasteiger partial charge on any atom is -0.466 e. The van der Waals surface area contributed by atoms with Crippen molar-refractivity contribution in [2.45, 2.75) is 27.3 Å². The molecule has 0 unspecified atom stereocenters. The van der Waals surface area contributed by atoms with E-state index in [4.69, 9.17) is 4.42 Å². The van der Waals surface area contributed by atoms with Gasteiger partial charge in [0.05, 0.1) is 0 Å². The maximum absolute atomic E-state index is 5.47. The lowest BCUT2D eigenvalue weighted by Crippen LogP contribution is -2.01. The van der Waals surface area contributed by atoms with E-state index in [0.29, 0.717) is 0 Å². The second-order valence-corrected chi connectivity index (χ2v) is 4.09. The zero-order chi connectivity index (χ0) is 11.7. The normalized spacial score (nSPS) is 10.8. The van der Waals surface area contributed by atoms with Crippen molar-refractivity contribution in [1.29, 1.82) is 0 Å². The average Bonchev–Trinajstić information content (AvgIpc) is 2.68.